The van der Waals surface area contributed by atoms with Gasteiger partial charge in [-0.15, -0.1) is 0 Å². The van der Waals surface area contributed by atoms with Gasteiger partial charge in [0.2, 0.25) is 5.91 Å². The molecule has 3 aromatic heterocycles. The molecular formula is C19H24N8O. The van der Waals surface area contributed by atoms with Crippen molar-refractivity contribution in [2.45, 2.75) is 12.8 Å². The summed E-state index contributed by atoms with van der Waals surface area (Å²) in [5, 5.41) is 8.61. The number of hydrogen-bond donors (Lipinski definition) is 2. The van der Waals surface area contributed by atoms with Gasteiger partial charge in [-0.05, 0) is 31.5 Å². The third-order valence-electron chi connectivity index (χ3n) is 5.14. The maximum Gasteiger partial charge on any atom is 0.221 e. The standard InChI is InChI=1S/C19H24N8O/c1-26-19-15(11-23-26)18(24-17(25-19)13-4-2-6-21-10-13)22-7-9-27-8-3-5-14(12-27)16(20)28/h2,4,6,10-11,14H,3,5,7-9,12H2,1H3,(H2,20,28)(H,22,24,25). The van der Waals surface area contributed by atoms with Crippen molar-refractivity contribution in [3.05, 3.63) is 30.7 Å². The van der Waals surface area contributed by atoms with E-state index in [2.05, 4.69) is 25.3 Å². The van der Waals surface area contributed by atoms with Crippen molar-refractivity contribution in [1.29, 1.82) is 0 Å². The van der Waals surface area contributed by atoms with Crippen LogP contribution in [-0.4, -0.2) is 61.7 Å². The van der Waals surface area contributed by atoms with E-state index in [1.54, 1.807) is 23.3 Å². The number of hydrogen-bond acceptors (Lipinski definition) is 7. The molecule has 9 heteroatoms. The molecule has 9 nitrogen and oxygen atoms in total. The average molecular weight is 380 g/mol. The number of fused-ring (bicyclic) bond motifs is 1. The largest absolute Gasteiger partial charge is 0.369 e. The molecule has 0 radical (unpaired) electrons. The topological polar surface area (TPSA) is 115 Å². The molecule has 0 saturated carbocycles. The Bertz CT molecular complexity index is 971. The van der Waals surface area contributed by atoms with E-state index in [4.69, 9.17) is 10.7 Å². The molecule has 146 valence electrons. The monoisotopic (exact) mass is 380 g/mol. The predicted molar refractivity (Wildman–Crippen MR) is 106 cm³/mol. The van der Waals surface area contributed by atoms with Crippen LogP contribution in [0.15, 0.2) is 30.7 Å². The van der Waals surface area contributed by atoms with E-state index in [-0.39, 0.29) is 11.8 Å². The maximum atomic E-state index is 11.5. The Morgan fingerprint density at radius 2 is 2.25 bits per heavy atom. The molecule has 28 heavy (non-hydrogen) atoms. The first-order valence-electron chi connectivity index (χ1n) is 9.47. The van der Waals surface area contributed by atoms with Gasteiger partial charge in [-0.2, -0.15) is 5.10 Å². The molecule has 3 N–H and O–H groups in total. The smallest absolute Gasteiger partial charge is 0.221 e. The third kappa shape index (κ3) is 3.79. The fraction of sp³-hybridized carbons (Fsp3) is 0.421. The number of carbonyl (C=O) groups excluding carboxylic acids is 1. The zero-order chi connectivity index (χ0) is 19.5. The number of nitrogens with one attached hydrogen (secondary N) is 1. The van der Waals surface area contributed by atoms with Crippen molar-refractivity contribution < 1.29 is 4.79 Å². The minimum absolute atomic E-state index is 0.0463. The van der Waals surface area contributed by atoms with Crippen LogP contribution in [0.4, 0.5) is 5.82 Å². The minimum Gasteiger partial charge on any atom is -0.369 e. The predicted octanol–water partition coefficient (Wildman–Crippen LogP) is 1.03. The summed E-state index contributed by atoms with van der Waals surface area (Å²) >= 11 is 0. The lowest BCUT2D eigenvalue weighted by atomic mass is 9.97. The van der Waals surface area contributed by atoms with Gasteiger partial charge in [0, 0.05) is 44.6 Å². The summed E-state index contributed by atoms with van der Waals surface area (Å²) in [6, 6.07) is 3.80. The summed E-state index contributed by atoms with van der Waals surface area (Å²) in [5.74, 6) is 1.11. The molecule has 1 atom stereocenters. The number of aromatic nitrogens is 5. The van der Waals surface area contributed by atoms with Gasteiger partial charge in [-0.25, -0.2) is 9.97 Å². The normalized spacial score (nSPS) is 17.7. The molecule has 0 aliphatic carbocycles. The van der Waals surface area contributed by atoms with E-state index < -0.39 is 0 Å². The molecule has 4 heterocycles. The number of primary amides is 1. The van der Waals surface area contributed by atoms with Crippen molar-refractivity contribution in [3.63, 3.8) is 0 Å². The number of likely N-dealkylation sites (tertiary alicyclic amines) is 1. The second-order valence-corrected chi connectivity index (χ2v) is 7.11. The molecule has 0 spiro atoms. The zero-order valence-electron chi connectivity index (χ0n) is 15.9. The molecule has 1 aliphatic rings. The number of aryl methyl sites for hydroxylation is 1. The lowest BCUT2D eigenvalue weighted by Gasteiger charge is -2.31. The summed E-state index contributed by atoms with van der Waals surface area (Å²) in [7, 11) is 1.86. The minimum atomic E-state index is -0.202. The van der Waals surface area contributed by atoms with Gasteiger partial charge in [0.15, 0.2) is 11.5 Å². The molecule has 4 rings (SSSR count). The highest BCUT2D eigenvalue weighted by molar-refractivity contribution is 5.88. The van der Waals surface area contributed by atoms with Gasteiger partial charge in [-0.3, -0.25) is 14.5 Å². The van der Waals surface area contributed by atoms with Crippen molar-refractivity contribution in [2.75, 3.05) is 31.5 Å². The lowest BCUT2D eigenvalue weighted by Crippen LogP contribution is -2.42. The van der Waals surface area contributed by atoms with E-state index in [1.165, 1.54) is 0 Å². The summed E-state index contributed by atoms with van der Waals surface area (Å²) in [6.07, 6.45) is 7.13. The molecule has 1 fully saturated rings. The highest BCUT2D eigenvalue weighted by Gasteiger charge is 2.23. The third-order valence-corrected chi connectivity index (χ3v) is 5.14. The van der Waals surface area contributed by atoms with Gasteiger partial charge in [0.25, 0.3) is 0 Å². The van der Waals surface area contributed by atoms with Crippen LogP contribution in [-0.2, 0) is 11.8 Å². The van der Waals surface area contributed by atoms with E-state index in [0.29, 0.717) is 12.4 Å². The highest BCUT2D eigenvalue weighted by Crippen LogP contribution is 2.24. The molecule has 1 amide bonds. The Labute approximate surface area is 163 Å². The van der Waals surface area contributed by atoms with Crippen molar-refractivity contribution in [2.24, 2.45) is 18.7 Å². The van der Waals surface area contributed by atoms with E-state index >= 15 is 0 Å². The fourth-order valence-electron chi connectivity index (χ4n) is 3.60. The van der Waals surface area contributed by atoms with Crippen LogP contribution >= 0.6 is 0 Å². The molecule has 0 aromatic carbocycles. The zero-order valence-corrected chi connectivity index (χ0v) is 15.9. The second-order valence-electron chi connectivity index (χ2n) is 7.11. The fourth-order valence-corrected chi connectivity index (χ4v) is 3.60. The molecule has 1 unspecified atom stereocenters. The number of nitrogens with zero attached hydrogens (tertiary/aromatic N) is 6. The lowest BCUT2D eigenvalue weighted by molar-refractivity contribution is -0.123. The highest BCUT2D eigenvalue weighted by atomic mass is 16.1. The number of pyridine rings is 1. The van der Waals surface area contributed by atoms with Crippen molar-refractivity contribution in [1.82, 2.24) is 29.6 Å². The summed E-state index contributed by atoms with van der Waals surface area (Å²) in [6.45, 7) is 3.24. The Balaban J connectivity index is 1.51. The van der Waals surface area contributed by atoms with E-state index in [0.717, 1.165) is 54.9 Å². The molecule has 3 aromatic rings. The number of carbonyl (C=O) groups is 1. The molecule has 1 saturated heterocycles. The van der Waals surface area contributed by atoms with Gasteiger partial charge in [0.05, 0.1) is 17.5 Å². The van der Waals surface area contributed by atoms with E-state index in [9.17, 15) is 4.79 Å². The van der Waals surface area contributed by atoms with Crippen LogP contribution in [0.5, 0.6) is 0 Å². The summed E-state index contributed by atoms with van der Waals surface area (Å²) in [5.41, 5.74) is 7.10. The summed E-state index contributed by atoms with van der Waals surface area (Å²) in [4.78, 5) is 27.2. The number of rotatable bonds is 6. The first-order valence-corrected chi connectivity index (χ1v) is 9.47. The Morgan fingerprint density at radius 1 is 1.36 bits per heavy atom. The van der Waals surface area contributed by atoms with Crippen molar-refractivity contribution in [3.8, 4) is 11.4 Å². The average Bonchev–Trinajstić information content (AvgIpc) is 3.10. The van der Waals surface area contributed by atoms with Crippen LogP contribution in [0.3, 0.4) is 0 Å². The van der Waals surface area contributed by atoms with Gasteiger partial charge in [0.1, 0.15) is 5.82 Å². The van der Waals surface area contributed by atoms with Crippen LogP contribution < -0.4 is 11.1 Å². The van der Waals surface area contributed by atoms with Gasteiger partial charge >= 0.3 is 0 Å². The quantitative estimate of drug-likeness (QED) is 0.656. The maximum absolute atomic E-state index is 11.5. The summed E-state index contributed by atoms with van der Waals surface area (Å²) < 4.78 is 1.74. The number of anilines is 1. The SMILES string of the molecule is Cn1ncc2c(NCCN3CCCC(C(N)=O)C3)nc(-c3cccnc3)nc21. The van der Waals surface area contributed by atoms with Crippen molar-refractivity contribution >= 4 is 22.8 Å². The first kappa shape index (κ1) is 18.3. The van der Waals surface area contributed by atoms with Gasteiger partial charge in [-0.1, -0.05) is 0 Å². The van der Waals surface area contributed by atoms with Crippen LogP contribution in [0, 0.1) is 5.92 Å². The molecular weight excluding hydrogens is 356 g/mol. The van der Waals surface area contributed by atoms with Crippen LogP contribution in [0.2, 0.25) is 0 Å². The van der Waals surface area contributed by atoms with E-state index in [1.807, 2.05) is 19.2 Å². The first-order chi connectivity index (χ1) is 13.6. The second kappa shape index (κ2) is 7.89. The Kier molecular flexibility index (Phi) is 5.16. The number of piperidine rings is 1. The number of nitrogens with two attached hydrogens (primary N) is 1. The number of amides is 1. The Morgan fingerprint density at radius 3 is 3.04 bits per heavy atom. The molecule has 0 bridgehead atoms. The molecule has 1 aliphatic heterocycles. The van der Waals surface area contributed by atoms with Crippen LogP contribution in [0.25, 0.3) is 22.4 Å². The van der Waals surface area contributed by atoms with Gasteiger partial charge < -0.3 is 16.0 Å². The Hall–Kier alpha value is -3.07. The van der Waals surface area contributed by atoms with Crippen LogP contribution in [0.1, 0.15) is 12.8 Å².